The molecule has 1 aromatic carbocycles. The Balaban J connectivity index is 1.18. The first-order chi connectivity index (χ1) is 30.1. The number of benzene rings is 1. The highest BCUT2D eigenvalue weighted by molar-refractivity contribution is 5.51. The molecule has 1 nitrogen and oxygen atoms in total. The maximum atomic E-state index is 2.97. The molecule has 0 spiro atoms. The predicted octanol–water partition coefficient (Wildman–Crippen LogP) is 17.0. The third kappa shape index (κ3) is 7.96. The Kier molecular flexibility index (Phi) is 12.6. The van der Waals surface area contributed by atoms with Crippen molar-refractivity contribution in [2.75, 3.05) is 0 Å². The molecule has 1 saturated carbocycles. The second-order valence-corrected chi connectivity index (χ2v) is 24.1. The Labute approximate surface area is 386 Å². The molecule has 0 bridgehead atoms. The van der Waals surface area contributed by atoms with E-state index in [0.29, 0.717) is 83.0 Å². The number of nitrogens with zero attached hydrogens (tertiary/aromatic N) is 1. The molecule has 0 radical (unpaired) electrons. The molecule has 16 atom stereocenters. The molecule has 1 heteroatoms. The van der Waals surface area contributed by atoms with Gasteiger partial charge in [-0.1, -0.05) is 172 Å². The van der Waals surface area contributed by atoms with E-state index in [0.717, 1.165) is 17.8 Å². The van der Waals surface area contributed by atoms with Crippen LogP contribution in [-0.2, 0) is 0 Å². The van der Waals surface area contributed by atoms with Crippen molar-refractivity contribution in [3.8, 4) is 0 Å². The number of allylic oxidation sites excluding steroid dienone is 13. The zero-order chi connectivity index (χ0) is 44.6. The van der Waals surface area contributed by atoms with Gasteiger partial charge in [-0.3, -0.25) is 0 Å². The Hall–Kier alpha value is -3.06. The van der Waals surface area contributed by atoms with Crippen LogP contribution in [0.1, 0.15) is 171 Å². The Bertz CT molecular complexity index is 2120. The summed E-state index contributed by atoms with van der Waals surface area (Å²) in [7, 11) is 0. The molecule has 0 aliphatic heterocycles. The van der Waals surface area contributed by atoms with Gasteiger partial charge in [0.2, 0.25) is 0 Å². The first-order valence-electron chi connectivity index (χ1n) is 26.6. The summed E-state index contributed by atoms with van der Waals surface area (Å²) in [5, 5.41) is 0. The van der Waals surface area contributed by atoms with Crippen LogP contribution >= 0.6 is 0 Å². The average molecular weight is 846 g/mol. The van der Waals surface area contributed by atoms with E-state index in [1.165, 1.54) is 69.0 Å². The fraction of sp³-hybridized carbons (Fsp3) is 0.645. The lowest BCUT2D eigenvalue weighted by Gasteiger charge is -2.58. The second-order valence-electron chi connectivity index (χ2n) is 24.1. The summed E-state index contributed by atoms with van der Waals surface area (Å²) in [6.07, 6.45) is 36.0. The van der Waals surface area contributed by atoms with Gasteiger partial charge in [-0.25, -0.2) is 0 Å². The van der Waals surface area contributed by atoms with Gasteiger partial charge in [-0.2, -0.15) is 0 Å². The van der Waals surface area contributed by atoms with Crippen LogP contribution in [0.2, 0.25) is 0 Å². The van der Waals surface area contributed by atoms with E-state index >= 15 is 0 Å². The van der Waals surface area contributed by atoms with Crippen LogP contribution in [-0.4, -0.2) is 10.9 Å². The molecular weight excluding hydrogens is 759 g/mol. The smallest absolute Gasteiger partial charge is 0.0593 e. The highest BCUT2D eigenvalue weighted by Gasteiger charge is 2.68. The molecule has 340 valence electrons. The van der Waals surface area contributed by atoms with Crippen LogP contribution in [0.25, 0.3) is 0 Å². The van der Waals surface area contributed by atoms with Gasteiger partial charge in [-0.15, -0.1) is 0 Å². The SMILES string of the molecule is CCC(C)C1=CC(N(C2=CC(C)CC(C)=C2)C2=CCC(C(C)C)CC2)C2C=CC3C(C(C)CC)C=C(C4[C@@H](c5ccc(C(C)C)cc5)C4(C)C4CC(C)=CC(C)C4)C4CC=C1C2C43. The zero-order valence-corrected chi connectivity index (χ0v) is 42.1. The summed E-state index contributed by atoms with van der Waals surface area (Å²) in [5.74, 6) is 9.98. The maximum Gasteiger partial charge on any atom is 0.0593 e. The molecule has 1 fully saturated rings. The first-order valence-corrected chi connectivity index (χ1v) is 26.6. The Morgan fingerprint density at radius 1 is 0.778 bits per heavy atom. The minimum absolute atomic E-state index is 0.277. The van der Waals surface area contributed by atoms with Crippen LogP contribution < -0.4 is 0 Å². The number of hydrogen-bond donors (Lipinski definition) is 0. The third-order valence-corrected chi connectivity index (χ3v) is 19.3. The summed E-state index contributed by atoms with van der Waals surface area (Å²) >= 11 is 0. The lowest BCUT2D eigenvalue weighted by atomic mass is 9.48. The lowest BCUT2D eigenvalue weighted by molar-refractivity contribution is 0.0682. The van der Waals surface area contributed by atoms with Crippen molar-refractivity contribution in [1.29, 1.82) is 0 Å². The molecule has 0 N–H and O–H groups in total. The summed E-state index contributed by atoms with van der Waals surface area (Å²) in [6, 6.07) is 10.4. The molecule has 0 amide bonds. The summed E-state index contributed by atoms with van der Waals surface area (Å²) < 4.78 is 0. The Morgan fingerprint density at radius 2 is 1.52 bits per heavy atom. The molecule has 0 aromatic heterocycles. The van der Waals surface area contributed by atoms with Crippen LogP contribution in [0.4, 0.5) is 0 Å². The van der Waals surface area contributed by atoms with E-state index in [4.69, 9.17) is 0 Å². The molecular formula is C62H87N. The fourth-order valence-electron chi connectivity index (χ4n) is 15.6. The van der Waals surface area contributed by atoms with Crippen LogP contribution in [0.3, 0.4) is 0 Å². The third-order valence-electron chi connectivity index (χ3n) is 19.3. The maximum absolute atomic E-state index is 2.97. The van der Waals surface area contributed by atoms with E-state index in [-0.39, 0.29) is 5.41 Å². The van der Waals surface area contributed by atoms with Gasteiger partial charge in [0.25, 0.3) is 0 Å². The molecule has 8 aliphatic rings. The topological polar surface area (TPSA) is 3.24 Å². The molecule has 0 saturated heterocycles. The number of rotatable bonds is 12. The van der Waals surface area contributed by atoms with Gasteiger partial charge < -0.3 is 4.90 Å². The molecule has 63 heavy (non-hydrogen) atoms. The van der Waals surface area contributed by atoms with Gasteiger partial charge in [0.05, 0.1) is 6.04 Å². The van der Waals surface area contributed by atoms with Crippen molar-refractivity contribution >= 4 is 0 Å². The minimum Gasteiger partial charge on any atom is -0.338 e. The van der Waals surface area contributed by atoms with Gasteiger partial charge in [0.1, 0.15) is 0 Å². The normalized spacial score (nSPS) is 39.2. The number of hydrogen-bond acceptors (Lipinski definition) is 1. The van der Waals surface area contributed by atoms with Gasteiger partial charge in [0.15, 0.2) is 0 Å². The molecule has 9 rings (SSSR count). The van der Waals surface area contributed by atoms with E-state index in [1.807, 2.05) is 5.57 Å². The summed E-state index contributed by atoms with van der Waals surface area (Å²) in [5.41, 5.74) is 14.9. The van der Waals surface area contributed by atoms with Crippen molar-refractivity contribution in [3.05, 3.63) is 129 Å². The minimum atomic E-state index is 0.277. The highest BCUT2D eigenvalue weighted by Crippen LogP contribution is 2.76. The largest absolute Gasteiger partial charge is 0.338 e. The Morgan fingerprint density at radius 3 is 2.16 bits per heavy atom. The van der Waals surface area contributed by atoms with Crippen LogP contribution in [0.15, 0.2) is 118 Å². The molecule has 8 aliphatic carbocycles. The van der Waals surface area contributed by atoms with Crippen molar-refractivity contribution in [2.45, 2.75) is 166 Å². The van der Waals surface area contributed by atoms with E-state index in [2.05, 4.69) is 174 Å². The van der Waals surface area contributed by atoms with Crippen molar-refractivity contribution in [3.63, 3.8) is 0 Å². The van der Waals surface area contributed by atoms with Crippen molar-refractivity contribution in [1.82, 2.24) is 4.90 Å². The van der Waals surface area contributed by atoms with E-state index in [1.54, 1.807) is 33.6 Å². The van der Waals surface area contributed by atoms with Crippen molar-refractivity contribution in [2.24, 2.45) is 88.3 Å². The van der Waals surface area contributed by atoms with Gasteiger partial charge >= 0.3 is 0 Å². The van der Waals surface area contributed by atoms with Crippen LogP contribution in [0.5, 0.6) is 0 Å². The molecule has 1 aromatic rings. The standard InChI is InChI=1S/C62H87N/c1-14-42(11)54-34-56(61-60(46-18-16-44(17-19-46)36(3)4)62(61,13)47-30-38(7)28-39(8)31-47)52-25-24-51-55(43(12)15-2)35-57(53-27-26-50(54)58(52)59(51)53)63(49-32-40(9)29-41(10)33-49)48-22-20-45(21-23-48)37(5)6/h16-19,22,24,26-28,32-38,40,42-43,45,47,50,52-54,57-61H,14-15,20-21,23,25,29-31H2,1-13H3/t38?,40?,42?,43?,45?,47?,50?,52?,53?,54?,57?,58?,59?,60-,61?,62?/m1/s1. The zero-order valence-electron chi connectivity index (χ0n) is 42.1. The average Bonchev–Trinajstić information content (AvgIpc) is 3.90. The van der Waals surface area contributed by atoms with Crippen molar-refractivity contribution < 1.29 is 0 Å². The van der Waals surface area contributed by atoms with Crippen LogP contribution in [0, 0.1) is 88.3 Å². The summed E-state index contributed by atoms with van der Waals surface area (Å²) in [4.78, 5) is 2.94. The lowest BCUT2D eigenvalue weighted by Crippen LogP contribution is -2.53. The highest BCUT2D eigenvalue weighted by atomic mass is 15.2. The van der Waals surface area contributed by atoms with Gasteiger partial charge in [-0.05, 0) is 188 Å². The fourth-order valence-corrected chi connectivity index (χ4v) is 15.6. The first kappa shape index (κ1) is 45.1. The predicted molar refractivity (Wildman–Crippen MR) is 270 cm³/mol. The summed E-state index contributed by atoms with van der Waals surface area (Å²) in [6.45, 7) is 32.2. The van der Waals surface area contributed by atoms with E-state index < -0.39 is 0 Å². The monoisotopic (exact) mass is 846 g/mol. The molecule has 0 heterocycles. The quantitative estimate of drug-likeness (QED) is 0.190. The van der Waals surface area contributed by atoms with Gasteiger partial charge in [0, 0.05) is 17.3 Å². The van der Waals surface area contributed by atoms with E-state index in [9.17, 15) is 0 Å². The molecule has 15 unspecified atom stereocenters. The second kappa shape index (κ2) is 17.6.